The molecule has 5 atom stereocenters. The van der Waals surface area contributed by atoms with E-state index >= 15 is 0 Å². The van der Waals surface area contributed by atoms with E-state index in [9.17, 15) is 4.79 Å². The molecule has 1 heterocycles. The fraction of sp³-hybridized carbons (Fsp3) is 0.968. The third kappa shape index (κ3) is 13.7. The van der Waals surface area contributed by atoms with Crippen molar-refractivity contribution in [3.8, 4) is 0 Å². The average Bonchev–Trinajstić information content (AvgIpc) is 2.81. The molecule has 0 aromatic rings. The van der Waals surface area contributed by atoms with Crippen LogP contribution in [0.4, 0.5) is 0 Å². The number of rotatable bonds is 20. The van der Waals surface area contributed by atoms with Gasteiger partial charge in [-0.1, -0.05) is 150 Å². The lowest BCUT2D eigenvalue weighted by Crippen LogP contribution is -2.57. The van der Waals surface area contributed by atoms with Gasteiger partial charge < -0.3 is 9.47 Å². The number of ether oxygens (including phenoxy) is 2. The van der Waals surface area contributed by atoms with Gasteiger partial charge in [0.1, 0.15) is 6.61 Å². The van der Waals surface area contributed by atoms with E-state index in [1.807, 2.05) is 0 Å². The van der Waals surface area contributed by atoms with Crippen LogP contribution in [-0.2, 0) is 14.3 Å². The van der Waals surface area contributed by atoms with Crippen LogP contribution >= 0.6 is 0 Å². The van der Waals surface area contributed by atoms with Gasteiger partial charge in [-0.15, -0.1) is 0 Å². The quantitative estimate of drug-likeness (QED) is 0.0928. The molecule has 5 unspecified atom stereocenters. The molecule has 3 nitrogen and oxygen atoms in total. The van der Waals surface area contributed by atoms with Crippen molar-refractivity contribution in [3.05, 3.63) is 0 Å². The Morgan fingerprint density at radius 3 is 1.54 bits per heavy atom. The Hall–Kier alpha value is -0.353. The first-order valence-electron chi connectivity index (χ1n) is 15.5. The van der Waals surface area contributed by atoms with Crippen molar-refractivity contribution >= 4 is 14.0 Å². The zero-order valence-corrected chi connectivity index (χ0v) is 25.8. The topological polar surface area (TPSA) is 35.5 Å². The van der Waals surface area contributed by atoms with Crippen molar-refractivity contribution in [1.29, 1.82) is 0 Å². The molecule has 0 amide bonds. The first-order chi connectivity index (χ1) is 16.7. The molecule has 0 saturated carbocycles. The maximum absolute atomic E-state index is 11.3. The highest BCUT2D eigenvalue weighted by Crippen LogP contribution is 2.40. The van der Waals surface area contributed by atoms with Crippen molar-refractivity contribution in [2.24, 2.45) is 17.8 Å². The van der Waals surface area contributed by atoms with Crippen LogP contribution < -0.4 is 0 Å². The monoisotopic (exact) mass is 510 g/mol. The molecule has 1 fully saturated rings. The third-order valence-electron chi connectivity index (χ3n) is 8.94. The van der Waals surface area contributed by atoms with Gasteiger partial charge in [0.2, 0.25) is 0 Å². The van der Waals surface area contributed by atoms with Crippen LogP contribution in [0.5, 0.6) is 0 Å². The Labute approximate surface area is 220 Å². The van der Waals surface area contributed by atoms with E-state index in [0.717, 1.165) is 0 Å². The molecule has 1 aliphatic rings. The van der Waals surface area contributed by atoms with Gasteiger partial charge in [0.05, 0.1) is 19.9 Å². The van der Waals surface area contributed by atoms with Gasteiger partial charge in [-0.2, -0.15) is 0 Å². The summed E-state index contributed by atoms with van der Waals surface area (Å²) in [5.41, 5.74) is 0.366. The minimum Gasteiger partial charge on any atom is -0.463 e. The summed E-state index contributed by atoms with van der Waals surface area (Å²) in [7, 11) is -1.50. The summed E-state index contributed by atoms with van der Waals surface area (Å²) in [6, 6.07) is 1.35. The summed E-state index contributed by atoms with van der Waals surface area (Å²) in [6.45, 7) is 16.2. The molecule has 1 saturated heterocycles. The summed E-state index contributed by atoms with van der Waals surface area (Å²) in [6.07, 6.45) is 22.8. The highest BCUT2D eigenvalue weighted by molar-refractivity contribution is 6.78. The van der Waals surface area contributed by atoms with Gasteiger partial charge in [-0.3, -0.25) is 4.79 Å². The van der Waals surface area contributed by atoms with Crippen LogP contribution in [0, 0.1) is 17.8 Å². The van der Waals surface area contributed by atoms with Crippen molar-refractivity contribution in [1.82, 2.24) is 0 Å². The molecule has 0 aromatic heterocycles. The zero-order valence-electron chi connectivity index (χ0n) is 24.8. The van der Waals surface area contributed by atoms with Crippen LogP contribution in [0.1, 0.15) is 137 Å². The van der Waals surface area contributed by atoms with Crippen LogP contribution in [-0.4, -0.2) is 32.5 Å². The highest BCUT2D eigenvalue weighted by atomic mass is 28.3. The van der Waals surface area contributed by atoms with Gasteiger partial charge in [0, 0.05) is 6.92 Å². The highest BCUT2D eigenvalue weighted by Gasteiger charge is 2.46. The standard InChI is InChI=1S/C31H62O3Si/c1-8-9-10-11-12-13-14-15-16-17-18-19-20-21-22-23-24-35(6,7)31-28(4)26(2)27(3)30(34-31)25-33-29(5)32/h26-28,30-31H,8-25H2,1-7H3. The van der Waals surface area contributed by atoms with Gasteiger partial charge in [-0.05, 0) is 17.8 Å². The van der Waals surface area contributed by atoms with Crippen LogP contribution in [0.3, 0.4) is 0 Å². The molecule has 0 N–H and O–H groups in total. The maximum atomic E-state index is 11.3. The number of carbonyl (C=O) groups excluding carboxylic acids is 1. The first kappa shape index (κ1) is 32.7. The molecule has 0 bridgehead atoms. The molecule has 1 aliphatic heterocycles. The molecule has 0 radical (unpaired) electrons. The summed E-state index contributed by atoms with van der Waals surface area (Å²) in [5.74, 6) is 1.42. The minimum atomic E-state index is -1.50. The number of unbranched alkanes of at least 4 members (excludes halogenated alkanes) is 15. The molecule has 0 aromatic carbocycles. The van der Waals surface area contributed by atoms with E-state index in [2.05, 4.69) is 40.8 Å². The summed E-state index contributed by atoms with van der Waals surface area (Å²) < 4.78 is 12.0. The van der Waals surface area contributed by atoms with E-state index in [1.165, 1.54) is 116 Å². The van der Waals surface area contributed by atoms with E-state index in [4.69, 9.17) is 9.47 Å². The number of hydrogen-bond acceptors (Lipinski definition) is 3. The third-order valence-corrected chi connectivity index (χ3v) is 12.8. The normalized spacial score (nSPS) is 25.1. The SMILES string of the molecule is CCCCCCCCCCCCCCCCCC[Si](C)(C)C1OC(COC(C)=O)C(C)C(C)C1C. The Bertz CT molecular complexity index is 535. The molecule has 208 valence electrons. The van der Waals surface area contributed by atoms with Crippen molar-refractivity contribution in [3.63, 3.8) is 0 Å². The Kier molecular flexibility index (Phi) is 17.6. The van der Waals surface area contributed by atoms with Crippen molar-refractivity contribution in [2.75, 3.05) is 6.61 Å². The fourth-order valence-corrected chi connectivity index (χ4v) is 9.80. The molecular weight excluding hydrogens is 448 g/mol. The second kappa shape index (κ2) is 18.8. The predicted octanol–water partition coefficient (Wildman–Crippen LogP) is 9.73. The minimum absolute atomic E-state index is 0.0488. The number of carbonyl (C=O) groups is 1. The van der Waals surface area contributed by atoms with Gasteiger partial charge in [-0.25, -0.2) is 0 Å². The second-order valence-electron chi connectivity index (χ2n) is 12.5. The largest absolute Gasteiger partial charge is 0.463 e. The smallest absolute Gasteiger partial charge is 0.302 e. The zero-order chi connectivity index (χ0) is 26.1. The lowest BCUT2D eigenvalue weighted by molar-refractivity contribution is -0.158. The van der Waals surface area contributed by atoms with Crippen LogP contribution in [0.2, 0.25) is 19.1 Å². The van der Waals surface area contributed by atoms with Crippen molar-refractivity contribution < 1.29 is 14.3 Å². The lowest BCUT2D eigenvalue weighted by Gasteiger charge is -2.49. The lowest BCUT2D eigenvalue weighted by atomic mass is 9.80. The number of esters is 1. The van der Waals surface area contributed by atoms with Gasteiger partial charge in [0.25, 0.3) is 0 Å². The summed E-state index contributed by atoms with van der Waals surface area (Å²) >= 11 is 0. The molecule has 0 aliphatic carbocycles. The number of hydrogen-bond donors (Lipinski definition) is 0. The van der Waals surface area contributed by atoms with E-state index < -0.39 is 8.07 Å². The molecule has 4 heteroatoms. The Morgan fingerprint density at radius 2 is 1.11 bits per heavy atom. The molecule has 35 heavy (non-hydrogen) atoms. The molecule has 0 spiro atoms. The van der Waals surface area contributed by atoms with Crippen LogP contribution in [0.25, 0.3) is 0 Å². The first-order valence-corrected chi connectivity index (χ1v) is 18.8. The summed E-state index contributed by atoms with van der Waals surface area (Å²) in [5, 5.41) is 0. The van der Waals surface area contributed by atoms with Gasteiger partial charge in [0.15, 0.2) is 0 Å². The fourth-order valence-electron chi connectivity index (χ4n) is 6.09. The molecular formula is C31H62O3Si. The van der Waals surface area contributed by atoms with Crippen molar-refractivity contribution in [2.45, 2.75) is 168 Å². The summed E-state index contributed by atoms with van der Waals surface area (Å²) in [4.78, 5) is 11.3. The van der Waals surface area contributed by atoms with E-state index in [1.54, 1.807) is 0 Å². The second-order valence-corrected chi connectivity index (χ2v) is 17.6. The molecule has 1 rings (SSSR count). The van der Waals surface area contributed by atoms with Crippen LogP contribution in [0.15, 0.2) is 0 Å². The Morgan fingerprint density at radius 1 is 0.686 bits per heavy atom. The van der Waals surface area contributed by atoms with E-state index in [-0.39, 0.29) is 12.1 Å². The van der Waals surface area contributed by atoms with Gasteiger partial charge >= 0.3 is 5.97 Å². The maximum Gasteiger partial charge on any atom is 0.302 e. The average molecular weight is 511 g/mol. The van der Waals surface area contributed by atoms with E-state index in [0.29, 0.717) is 30.1 Å². The predicted molar refractivity (Wildman–Crippen MR) is 155 cm³/mol. The Balaban J connectivity index is 2.13.